The van der Waals surface area contributed by atoms with Gasteiger partial charge < -0.3 is 20.3 Å². The molecule has 1 fully saturated rings. The van der Waals surface area contributed by atoms with E-state index < -0.39 is 0 Å². The highest BCUT2D eigenvalue weighted by Crippen LogP contribution is 2.26. The van der Waals surface area contributed by atoms with Crippen LogP contribution in [-0.2, 0) is 6.54 Å². The third kappa shape index (κ3) is 3.99. The molecule has 10 nitrogen and oxygen atoms in total. The van der Waals surface area contributed by atoms with Crippen molar-refractivity contribution in [1.82, 2.24) is 29.6 Å². The standard InChI is InChI=1S/C24H26N8O2/c1-3-13-31-23(33)17-16-26-24(27-18-7-4-5-8-19(18)34-2)29-22(17)32(31)21-10-6-9-20(28-21)30-14-11-25-12-15-30/h3-10,16,25H,1,11-15H2,2H3,(H,26,27,29). The van der Waals surface area contributed by atoms with Crippen LogP contribution in [0, 0.1) is 0 Å². The fourth-order valence-corrected chi connectivity index (χ4v) is 4.08. The van der Waals surface area contributed by atoms with Crippen LogP contribution in [0.5, 0.6) is 5.75 Å². The number of methoxy groups -OCH3 is 1. The Morgan fingerprint density at radius 3 is 2.71 bits per heavy atom. The van der Waals surface area contributed by atoms with Crippen LogP contribution in [0.25, 0.3) is 16.9 Å². The second-order valence-electron chi connectivity index (χ2n) is 7.83. The van der Waals surface area contributed by atoms with Gasteiger partial charge in [0.25, 0.3) is 5.56 Å². The number of fused-ring (bicyclic) bond motifs is 1. The highest BCUT2D eigenvalue weighted by Gasteiger charge is 2.19. The summed E-state index contributed by atoms with van der Waals surface area (Å²) in [7, 11) is 1.61. The Bertz CT molecular complexity index is 1390. The van der Waals surface area contributed by atoms with Crippen LogP contribution >= 0.6 is 0 Å². The number of allylic oxidation sites excluding steroid dienone is 1. The maximum atomic E-state index is 13.2. The Hall–Kier alpha value is -4.18. The summed E-state index contributed by atoms with van der Waals surface area (Å²) in [4.78, 5) is 29.4. The van der Waals surface area contributed by atoms with Gasteiger partial charge in [0.15, 0.2) is 11.5 Å². The van der Waals surface area contributed by atoms with E-state index in [1.54, 1.807) is 28.7 Å². The van der Waals surface area contributed by atoms with Crippen molar-refractivity contribution in [3.63, 3.8) is 0 Å². The molecule has 10 heteroatoms. The van der Waals surface area contributed by atoms with Crippen molar-refractivity contribution in [3.8, 4) is 11.6 Å². The molecule has 3 aromatic heterocycles. The number of anilines is 3. The molecule has 0 saturated carbocycles. The zero-order chi connectivity index (χ0) is 23.5. The van der Waals surface area contributed by atoms with Crippen LogP contribution in [0.15, 0.2) is 66.1 Å². The number of hydrogen-bond acceptors (Lipinski definition) is 8. The van der Waals surface area contributed by atoms with Crippen molar-refractivity contribution in [2.75, 3.05) is 43.5 Å². The third-order valence-corrected chi connectivity index (χ3v) is 5.71. The van der Waals surface area contributed by atoms with E-state index >= 15 is 0 Å². The molecule has 0 unspecified atom stereocenters. The quantitative estimate of drug-likeness (QED) is 0.407. The van der Waals surface area contributed by atoms with Crippen molar-refractivity contribution in [1.29, 1.82) is 0 Å². The molecule has 1 aromatic carbocycles. The maximum Gasteiger partial charge on any atom is 0.278 e. The number of pyridine rings is 1. The van der Waals surface area contributed by atoms with Crippen LogP contribution in [0.3, 0.4) is 0 Å². The summed E-state index contributed by atoms with van der Waals surface area (Å²) in [6, 6.07) is 13.3. The minimum Gasteiger partial charge on any atom is -0.495 e. The maximum absolute atomic E-state index is 13.2. The van der Waals surface area contributed by atoms with E-state index in [-0.39, 0.29) is 5.56 Å². The fourth-order valence-electron chi connectivity index (χ4n) is 4.08. The Morgan fingerprint density at radius 1 is 1.12 bits per heavy atom. The Balaban J connectivity index is 1.63. The highest BCUT2D eigenvalue weighted by atomic mass is 16.5. The first-order valence-corrected chi connectivity index (χ1v) is 11.1. The van der Waals surface area contributed by atoms with E-state index in [4.69, 9.17) is 14.7 Å². The predicted molar refractivity (Wildman–Crippen MR) is 132 cm³/mol. The summed E-state index contributed by atoms with van der Waals surface area (Å²) < 4.78 is 8.73. The largest absolute Gasteiger partial charge is 0.495 e. The van der Waals surface area contributed by atoms with Crippen molar-refractivity contribution in [2.24, 2.45) is 0 Å². The van der Waals surface area contributed by atoms with E-state index in [0.29, 0.717) is 35.1 Å². The topological polar surface area (TPSA) is 102 Å². The van der Waals surface area contributed by atoms with Crippen LogP contribution < -0.4 is 25.8 Å². The summed E-state index contributed by atoms with van der Waals surface area (Å²) in [6.45, 7) is 7.68. The van der Waals surface area contributed by atoms with Gasteiger partial charge in [-0.2, -0.15) is 4.98 Å². The molecule has 2 N–H and O–H groups in total. The van der Waals surface area contributed by atoms with Gasteiger partial charge in [-0.05, 0) is 24.3 Å². The van der Waals surface area contributed by atoms with Crippen LogP contribution in [0.4, 0.5) is 17.5 Å². The summed E-state index contributed by atoms with van der Waals surface area (Å²) in [5.41, 5.74) is 0.986. The van der Waals surface area contributed by atoms with Gasteiger partial charge in [0.1, 0.15) is 17.0 Å². The van der Waals surface area contributed by atoms with Crippen molar-refractivity contribution < 1.29 is 4.74 Å². The van der Waals surface area contributed by atoms with Crippen LogP contribution in [0.2, 0.25) is 0 Å². The van der Waals surface area contributed by atoms with E-state index in [1.807, 2.05) is 42.5 Å². The highest BCUT2D eigenvalue weighted by molar-refractivity contribution is 5.77. The number of rotatable bonds is 7. The SMILES string of the molecule is C=CCn1c(=O)c2cnc(Nc3ccccc3OC)nc2n1-c1cccc(N2CCNCC2)n1. The van der Waals surface area contributed by atoms with Gasteiger partial charge in [-0.1, -0.05) is 24.3 Å². The monoisotopic (exact) mass is 458 g/mol. The number of hydrogen-bond donors (Lipinski definition) is 2. The molecule has 174 valence electrons. The van der Waals surface area contributed by atoms with Gasteiger partial charge in [0.2, 0.25) is 5.95 Å². The average Bonchev–Trinajstić information content (AvgIpc) is 3.16. The zero-order valence-electron chi connectivity index (χ0n) is 18.9. The lowest BCUT2D eigenvalue weighted by atomic mass is 10.3. The van der Waals surface area contributed by atoms with Gasteiger partial charge in [0.05, 0.1) is 19.3 Å². The number of para-hydroxylation sites is 2. The van der Waals surface area contributed by atoms with Gasteiger partial charge in [-0.15, -0.1) is 6.58 Å². The molecule has 0 bridgehead atoms. The molecule has 1 saturated heterocycles. The molecule has 0 aliphatic carbocycles. The number of ether oxygens (including phenoxy) is 1. The van der Waals surface area contributed by atoms with E-state index in [9.17, 15) is 4.79 Å². The molecule has 4 aromatic rings. The molecule has 1 aliphatic heterocycles. The van der Waals surface area contributed by atoms with Gasteiger partial charge >= 0.3 is 0 Å². The lowest BCUT2D eigenvalue weighted by molar-refractivity contribution is 0.417. The number of benzene rings is 1. The Labute approximate surface area is 196 Å². The van der Waals surface area contributed by atoms with E-state index in [0.717, 1.165) is 37.7 Å². The summed E-state index contributed by atoms with van der Waals surface area (Å²) in [6.07, 6.45) is 3.22. The second kappa shape index (κ2) is 9.36. The van der Waals surface area contributed by atoms with Gasteiger partial charge in [0, 0.05) is 32.4 Å². The summed E-state index contributed by atoms with van der Waals surface area (Å²) in [5.74, 6) is 2.48. The predicted octanol–water partition coefficient (Wildman–Crippen LogP) is 2.32. The zero-order valence-corrected chi connectivity index (χ0v) is 18.9. The molecule has 0 amide bonds. The first-order valence-electron chi connectivity index (χ1n) is 11.1. The average molecular weight is 459 g/mol. The smallest absolute Gasteiger partial charge is 0.278 e. The van der Waals surface area contributed by atoms with E-state index in [1.165, 1.54) is 0 Å². The van der Waals surface area contributed by atoms with Crippen molar-refractivity contribution >= 4 is 28.5 Å². The Morgan fingerprint density at radius 2 is 1.91 bits per heavy atom. The minimum absolute atomic E-state index is 0.201. The number of nitrogens with one attached hydrogen (secondary N) is 2. The summed E-state index contributed by atoms with van der Waals surface area (Å²) in [5, 5.41) is 6.95. The lowest BCUT2D eigenvalue weighted by Crippen LogP contribution is -2.44. The lowest BCUT2D eigenvalue weighted by Gasteiger charge is -2.28. The van der Waals surface area contributed by atoms with Crippen molar-refractivity contribution in [3.05, 3.63) is 71.7 Å². The first-order chi connectivity index (χ1) is 16.7. The molecular formula is C24H26N8O2. The number of piperazine rings is 1. The van der Waals surface area contributed by atoms with Crippen LogP contribution in [-0.4, -0.2) is 57.6 Å². The number of aromatic nitrogens is 5. The molecule has 5 rings (SSSR count). The third-order valence-electron chi connectivity index (χ3n) is 5.71. The fraction of sp³-hybridized carbons (Fsp3) is 0.250. The normalized spacial score (nSPS) is 13.7. The second-order valence-corrected chi connectivity index (χ2v) is 7.83. The van der Waals surface area contributed by atoms with Crippen molar-refractivity contribution in [2.45, 2.75) is 6.54 Å². The first kappa shape index (κ1) is 21.7. The molecule has 0 radical (unpaired) electrons. The molecule has 4 heterocycles. The Kier molecular flexibility index (Phi) is 5.96. The van der Waals surface area contributed by atoms with E-state index in [2.05, 4.69) is 27.1 Å². The number of nitrogens with zero attached hydrogens (tertiary/aromatic N) is 6. The van der Waals surface area contributed by atoms with Gasteiger partial charge in [-0.25, -0.2) is 19.3 Å². The van der Waals surface area contributed by atoms with Crippen LogP contribution in [0.1, 0.15) is 0 Å². The van der Waals surface area contributed by atoms with Gasteiger partial charge in [-0.3, -0.25) is 4.79 Å². The molecule has 0 spiro atoms. The summed E-state index contributed by atoms with van der Waals surface area (Å²) >= 11 is 0. The molecular weight excluding hydrogens is 432 g/mol. The molecule has 0 atom stereocenters. The molecule has 1 aliphatic rings. The minimum atomic E-state index is -0.201. The molecule has 34 heavy (non-hydrogen) atoms.